The van der Waals surface area contributed by atoms with E-state index in [0.717, 1.165) is 6.42 Å². The number of hydrogen-bond donors (Lipinski definition) is 2. The largest absolute Gasteiger partial charge is 0.353 e. The highest BCUT2D eigenvalue weighted by Gasteiger charge is 2.30. The van der Waals surface area contributed by atoms with E-state index in [-0.39, 0.29) is 16.8 Å². The van der Waals surface area contributed by atoms with Crippen LogP contribution in [0.4, 0.5) is 0 Å². The van der Waals surface area contributed by atoms with Crippen molar-refractivity contribution in [1.29, 1.82) is 0 Å². The Morgan fingerprint density at radius 3 is 2.75 bits per heavy atom. The van der Waals surface area contributed by atoms with Gasteiger partial charge in [-0.05, 0) is 19.3 Å². The highest BCUT2D eigenvalue weighted by atomic mass is 32.2. The van der Waals surface area contributed by atoms with Gasteiger partial charge in [-0.2, -0.15) is 9.40 Å². The standard InChI is InChI=1S/C12H20N4O3S/c1-2-3-12(17)15-10-4-6-16(7-5-10)20(18,19)11-8-13-14-9-11/h8-10H,2-7H2,1H3,(H,13,14)(H,15,17). The minimum absolute atomic E-state index is 0.0450. The van der Waals surface area contributed by atoms with Gasteiger partial charge in [-0.15, -0.1) is 0 Å². The molecule has 0 saturated carbocycles. The topological polar surface area (TPSA) is 95.2 Å². The molecule has 2 rings (SSSR count). The van der Waals surface area contributed by atoms with Gasteiger partial charge in [0.2, 0.25) is 15.9 Å². The van der Waals surface area contributed by atoms with Crippen LogP contribution in [0.15, 0.2) is 17.3 Å². The van der Waals surface area contributed by atoms with E-state index in [1.807, 2.05) is 6.92 Å². The summed E-state index contributed by atoms with van der Waals surface area (Å²) in [7, 11) is -3.45. The minimum atomic E-state index is -3.45. The van der Waals surface area contributed by atoms with Crippen molar-refractivity contribution in [2.75, 3.05) is 13.1 Å². The summed E-state index contributed by atoms with van der Waals surface area (Å²) in [4.78, 5) is 11.7. The smallest absolute Gasteiger partial charge is 0.246 e. The molecule has 0 spiro atoms. The number of H-pyrrole nitrogens is 1. The van der Waals surface area contributed by atoms with Crippen LogP contribution in [0, 0.1) is 0 Å². The van der Waals surface area contributed by atoms with E-state index >= 15 is 0 Å². The molecule has 1 aromatic heterocycles. The highest BCUT2D eigenvalue weighted by molar-refractivity contribution is 7.89. The predicted octanol–water partition coefficient (Wildman–Crippen LogP) is 0.479. The average Bonchev–Trinajstić information content (AvgIpc) is 2.94. The molecular weight excluding hydrogens is 280 g/mol. The number of carbonyl (C=O) groups is 1. The number of piperidine rings is 1. The van der Waals surface area contributed by atoms with E-state index in [4.69, 9.17) is 0 Å². The summed E-state index contributed by atoms with van der Waals surface area (Å²) in [6, 6.07) is 0.0739. The number of amides is 1. The summed E-state index contributed by atoms with van der Waals surface area (Å²) < 4.78 is 26.0. The predicted molar refractivity (Wildman–Crippen MR) is 73.4 cm³/mol. The highest BCUT2D eigenvalue weighted by Crippen LogP contribution is 2.19. The van der Waals surface area contributed by atoms with Crippen molar-refractivity contribution in [2.45, 2.75) is 43.5 Å². The van der Waals surface area contributed by atoms with Crippen molar-refractivity contribution in [1.82, 2.24) is 19.8 Å². The molecule has 1 aromatic rings. The van der Waals surface area contributed by atoms with Crippen molar-refractivity contribution >= 4 is 15.9 Å². The van der Waals surface area contributed by atoms with Crippen molar-refractivity contribution in [3.63, 3.8) is 0 Å². The molecule has 112 valence electrons. The molecule has 0 atom stereocenters. The lowest BCUT2D eigenvalue weighted by Crippen LogP contribution is -2.46. The van der Waals surface area contributed by atoms with Gasteiger partial charge in [-0.3, -0.25) is 9.89 Å². The van der Waals surface area contributed by atoms with Gasteiger partial charge in [0, 0.05) is 31.7 Å². The first kappa shape index (κ1) is 15.0. The third-order valence-electron chi connectivity index (χ3n) is 3.41. The van der Waals surface area contributed by atoms with E-state index in [2.05, 4.69) is 15.5 Å². The monoisotopic (exact) mass is 300 g/mol. The van der Waals surface area contributed by atoms with E-state index in [9.17, 15) is 13.2 Å². The molecule has 7 nitrogen and oxygen atoms in total. The number of nitrogens with zero attached hydrogens (tertiary/aromatic N) is 2. The summed E-state index contributed by atoms with van der Waals surface area (Å²) in [6.07, 6.45) is 5.32. The summed E-state index contributed by atoms with van der Waals surface area (Å²) in [5, 5.41) is 9.13. The SMILES string of the molecule is CCCC(=O)NC1CCN(S(=O)(=O)c2cn[nH]c2)CC1. The summed E-state index contributed by atoms with van der Waals surface area (Å²) in [5.41, 5.74) is 0. The number of nitrogens with one attached hydrogen (secondary N) is 2. The third-order valence-corrected chi connectivity index (χ3v) is 5.27. The summed E-state index contributed by atoms with van der Waals surface area (Å²) >= 11 is 0. The van der Waals surface area contributed by atoms with Gasteiger partial charge in [-0.25, -0.2) is 8.42 Å². The number of sulfonamides is 1. The Hall–Kier alpha value is -1.41. The van der Waals surface area contributed by atoms with E-state index in [0.29, 0.717) is 32.4 Å². The quantitative estimate of drug-likeness (QED) is 0.827. The third kappa shape index (κ3) is 3.37. The van der Waals surface area contributed by atoms with E-state index in [1.54, 1.807) is 0 Å². The normalized spacial score (nSPS) is 18.1. The molecule has 0 bridgehead atoms. The molecule has 20 heavy (non-hydrogen) atoms. The number of hydrogen-bond acceptors (Lipinski definition) is 4. The lowest BCUT2D eigenvalue weighted by Gasteiger charge is -2.31. The van der Waals surface area contributed by atoms with Gasteiger partial charge in [0.05, 0.1) is 6.20 Å². The molecule has 0 radical (unpaired) electrons. The Bertz CT molecular complexity index is 533. The molecule has 1 saturated heterocycles. The van der Waals surface area contributed by atoms with Crippen LogP contribution < -0.4 is 5.32 Å². The Morgan fingerprint density at radius 1 is 1.50 bits per heavy atom. The second kappa shape index (κ2) is 6.36. The van der Waals surface area contributed by atoms with Gasteiger partial charge in [0.15, 0.2) is 0 Å². The Labute approximate surface area is 118 Å². The van der Waals surface area contributed by atoms with Gasteiger partial charge in [0.25, 0.3) is 0 Å². The van der Waals surface area contributed by atoms with Crippen LogP contribution in [0.1, 0.15) is 32.6 Å². The maximum atomic E-state index is 12.3. The minimum Gasteiger partial charge on any atom is -0.353 e. The molecule has 1 aliphatic rings. The molecule has 8 heteroatoms. The summed E-state index contributed by atoms with van der Waals surface area (Å²) in [5.74, 6) is 0.0450. The van der Waals surface area contributed by atoms with Crippen LogP contribution in [0.25, 0.3) is 0 Å². The zero-order valence-corrected chi connectivity index (χ0v) is 12.3. The molecule has 1 aliphatic heterocycles. The maximum Gasteiger partial charge on any atom is 0.246 e. The van der Waals surface area contributed by atoms with Gasteiger partial charge >= 0.3 is 0 Å². The second-order valence-electron chi connectivity index (χ2n) is 4.93. The molecule has 1 fully saturated rings. The van der Waals surface area contributed by atoms with E-state index in [1.165, 1.54) is 16.7 Å². The Balaban J connectivity index is 1.90. The fourth-order valence-corrected chi connectivity index (χ4v) is 3.67. The van der Waals surface area contributed by atoms with Crippen LogP contribution in [0.3, 0.4) is 0 Å². The fraction of sp³-hybridized carbons (Fsp3) is 0.667. The molecular formula is C12H20N4O3S. The van der Waals surface area contributed by atoms with Gasteiger partial charge in [0.1, 0.15) is 4.90 Å². The molecule has 0 unspecified atom stereocenters. The number of aromatic nitrogens is 2. The van der Waals surface area contributed by atoms with Crippen molar-refractivity contribution in [3.8, 4) is 0 Å². The van der Waals surface area contributed by atoms with Crippen LogP contribution in [-0.2, 0) is 14.8 Å². The van der Waals surface area contributed by atoms with Crippen LogP contribution in [0.5, 0.6) is 0 Å². The number of rotatable bonds is 5. The van der Waals surface area contributed by atoms with Gasteiger partial charge < -0.3 is 5.32 Å². The molecule has 2 heterocycles. The van der Waals surface area contributed by atoms with E-state index < -0.39 is 10.0 Å². The molecule has 1 amide bonds. The van der Waals surface area contributed by atoms with Crippen LogP contribution >= 0.6 is 0 Å². The summed E-state index contributed by atoms with van der Waals surface area (Å²) in [6.45, 7) is 2.80. The number of aromatic amines is 1. The first-order valence-electron chi connectivity index (χ1n) is 6.82. The van der Waals surface area contributed by atoms with Crippen LogP contribution in [0.2, 0.25) is 0 Å². The second-order valence-corrected chi connectivity index (χ2v) is 6.87. The molecule has 0 aromatic carbocycles. The van der Waals surface area contributed by atoms with Crippen molar-refractivity contribution in [2.24, 2.45) is 0 Å². The zero-order valence-electron chi connectivity index (χ0n) is 11.5. The average molecular weight is 300 g/mol. The van der Waals surface area contributed by atoms with Gasteiger partial charge in [-0.1, -0.05) is 6.92 Å². The first-order chi connectivity index (χ1) is 9.54. The lowest BCUT2D eigenvalue weighted by molar-refractivity contribution is -0.122. The molecule has 2 N–H and O–H groups in total. The Kier molecular flexibility index (Phi) is 4.77. The zero-order chi connectivity index (χ0) is 14.6. The molecule has 0 aliphatic carbocycles. The van der Waals surface area contributed by atoms with Crippen LogP contribution in [-0.4, -0.2) is 48.0 Å². The van der Waals surface area contributed by atoms with Crippen molar-refractivity contribution in [3.05, 3.63) is 12.4 Å². The van der Waals surface area contributed by atoms with Crippen molar-refractivity contribution < 1.29 is 13.2 Å². The maximum absolute atomic E-state index is 12.3. The lowest BCUT2D eigenvalue weighted by atomic mass is 10.1. The first-order valence-corrected chi connectivity index (χ1v) is 8.26. The number of carbonyl (C=O) groups excluding carboxylic acids is 1. The Morgan fingerprint density at radius 2 is 2.20 bits per heavy atom. The fourth-order valence-electron chi connectivity index (χ4n) is 2.30.